The standard InChI is InChI=1S/C12H15NO2S/c1-4-14-11-3-2-9(6-12(11)15-5-1)16-10-7-13-8-10/h2-3,6,10,13H,1,4-5,7-8H2. The summed E-state index contributed by atoms with van der Waals surface area (Å²) in [6.07, 6.45) is 0.962. The van der Waals surface area contributed by atoms with E-state index in [1.807, 2.05) is 17.8 Å². The third kappa shape index (κ3) is 2.13. The molecular formula is C12H15NO2S. The third-order valence-electron chi connectivity index (χ3n) is 2.77. The minimum absolute atomic E-state index is 0.713. The zero-order valence-corrected chi connectivity index (χ0v) is 9.89. The van der Waals surface area contributed by atoms with Crippen LogP contribution in [0.2, 0.25) is 0 Å². The number of ether oxygens (including phenoxy) is 2. The fourth-order valence-corrected chi connectivity index (χ4v) is 2.86. The minimum atomic E-state index is 0.713. The summed E-state index contributed by atoms with van der Waals surface area (Å²) >= 11 is 1.91. The predicted octanol–water partition coefficient (Wildman–Crippen LogP) is 1.91. The van der Waals surface area contributed by atoms with Crippen molar-refractivity contribution < 1.29 is 9.47 Å². The van der Waals surface area contributed by atoms with Gasteiger partial charge in [-0.1, -0.05) is 0 Å². The first-order valence-corrected chi connectivity index (χ1v) is 6.57. The van der Waals surface area contributed by atoms with Gasteiger partial charge >= 0.3 is 0 Å². The van der Waals surface area contributed by atoms with Gasteiger partial charge in [-0.05, 0) is 18.2 Å². The third-order valence-corrected chi connectivity index (χ3v) is 3.96. The maximum Gasteiger partial charge on any atom is 0.162 e. The summed E-state index contributed by atoms with van der Waals surface area (Å²) in [6, 6.07) is 6.25. The Morgan fingerprint density at radius 1 is 1.12 bits per heavy atom. The topological polar surface area (TPSA) is 30.5 Å². The van der Waals surface area contributed by atoms with Crippen molar-refractivity contribution >= 4 is 11.8 Å². The van der Waals surface area contributed by atoms with Gasteiger partial charge in [-0.15, -0.1) is 11.8 Å². The van der Waals surface area contributed by atoms with Gasteiger partial charge in [0.05, 0.1) is 13.2 Å². The maximum atomic E-state index is 5.67. The molecule has 86 valence electrons. The van der Waals surface area contributed by atoms with Crippen LogP contribution >= 0.6 is 11.8 Å². The molecule has 0 unspecified atom stereocenters. The van der Waals surface area contributed by atoms with Crippen molar-refractivity contribution in [2.24, 2.45) is 0 Å². The second-order valence-electron chi connectivity index (χ2n) is 4.06. The lowest BCUT2D eigenvalue weighted by atomic mass is 10.3. The van der Waals surface area contributed by atoms with Gasteiger partial charge in [-0.2, -0.15) is 0 Å². The van der Waals surface area contributed by atoms with E-state index in [9.17, 15) is 0 Å². The Morgan fingerprint density at radius 2 is 1.94 bits per heavy atom. The highest BCUT2D eigenvalue weighted by molar-refractivity contribution is 8.00. The van der Waals surface area contributed by atoms with Crippen molar-refractivity contribution in [3.8, 4) is 11.5 Å². The van der Waals surface area contributed by atoms with Gasteiger partial charge in [0.2, 0.25) is 0 Å². The highest BCUT2D eigenvalue weighted by Gasteiger charge is 2.19. The summed E-state index contributed by atoms with van der Waals surface area (Å²) in [5.41, 5.74) is 0. The van der Waals surface area contributed by atoms with Crippen LogP contribution in [0.4, 0.5) is 0 Å². The van der Waals surface area contributed by atoms with E-state index >= 15 is 0 Å². The number of nitrogens with one attached hydrogen (secondary N) is 1. The molecule has 1 aromatic carbocycles. The van der Waals surface area contributed by atoms with Crippen molar-refractivity contribution in [1.82, 2.24) is 5.32 Å². The molecule has 0 aliphatic carbocycles. The molecule has 1 fully saturated rings. The van der Waals surface area contributed by atoms with Gasteiger partial charge in [0.1, 0.15) is 0 Å². The Bertz CT molecular complexity index is 379. The smallest absolute Gasteiger partial charge is 0.162 e. The van der Waals surface area contributed by atoms with Gasteiger partial charge in [-0.3, -0.25) is 0 Å². The van der Waals surface area contributed by atoms with E-state index in [0.29, 0.717) is 5.25 Å². The zero-order valence-electron chi connectivity index (χ0n) is 9.07. The number of benzene rings is 1. The predicted molar refractivity (Wildman–Crippen MR) is 64.6 cm³/mol. The first-order chi connectivity index (χ1) is 7.92. The molecule has 3 rings (SSSR count). The van der Waals surface area contributed by atoms with Gasteiger partial charge in [0, 0.05) is 29.7 Å². The molecule has 0 saturated carbocycles. The largest absolute Gasteiger partial charge is 0.490 e. The summed E-state index contributed by atoms with van der Waals surface area (Å²) in [4.78, 5) is 1.27. The molecule has 4 heteroatoms. The van der Waals surface area contributed by atoms with E-state index in [0.717, 1.165) is 44.2 Å². The molecule has 0 amide bonds. The van der Waals surface area contributed by atoms with Crippen LogP contribution < -0.4 is 14.8 Å². The van der Waals surface area contributed by atoms with Crippen LogP contribution in [0.25, 0.3) is 0 Å². The summed E-state index contributed by atoms with van der Waals surface area (Å²) in [6.45, 7) is 3.73. The van der Waals surface area contributed by atoms with Crippen LogP contribution in [0.1, 0.15) is 6.42 Å². The molecular weight excluding hydrogens is 222 g/mol. The molecule has 1 saturated heterocycles. The average molecular weight is 237 g/mol. The van der Waals surface area contributed by atoms with Crippen molar-refractivity contribution in [2.75, 3.05) is 26.3 Å². The summed E-state index contributed by atoms with van der Waals surface area (Å²) in [7, 11) is 0. The second kappa shape index (κ2) is 4.55. The Hall–Kier alpha value is -0.870. The fraction of sp³-hybridized carbons (Fsp3) is 0.500. The number of thioether (sulfide) groups is 1. The normalized spacial score (nSPS) is 20.0. The Morgan fingerprint density at radius 3 is 2.69 bits per heavy atom. The molecule has 3 nitrogen and oxygen atoms in total. The summed E-state index contributed by atoms with van der Waals surface area (Å²) in [5, 5.41) is 3.99. The number of hydrogen-bond acceptors (Lipinski definition) is 4. The molecule has 2 aliphatic heterocycles. The quantitative estimate of drug-likeness (QED) is 0.851. The van der Waals surface area contributed by atoms with E-state index < -0.39 is 0 Å². The zero-order chi connectivity index (χ0) is 10.8. The van der Waals surface area contributed by atoms with Gasteiger partial charge in [0.15, 0.2) is 11.5 Å². The molecule has 1 N–H and O–H groups in total. The lowest BCUT2D eigenvalue weighted by molar-refractivity contribution is 0.297. The van der Waals surface area contributed by atoms with Gasteiger partial charge < -0.3 is 14.8 Å². The first kappa shape index (κ1) is 10.3. The molecule has 0 radical (unpaired) electrons. The molecule has 0 bridgehead atoms. The average Bonchev–Trinajstić information content (AvgIpc) is 2.48. The van der Waals surface area contributed by atoms with Crippen LogP contribution in [-0.4, -0.2) is 31.6 Å². The van der Waals surface area contributed by atoms with Crippen molar-refractivity contribution in [2.45, 2.75) is 16.6 Å². The molecule has 0 aromatic heterocycles. The van der Waals surface area contributed by atoms with Crippen molar-refractivity contribution in [3.63, 3.8) is 0 Å². The van der Waals surface area contributed by atoms with Crippen molar-refractivity contribution in [3.05, 3.63) is 18.2 Å². The monoisotopic (exact) mass is 237 g/mol. The lowest BCUT2D eigenvalue weighted by Crippen LogP contribution is -2.44. The summed E-state index contributed by atoms with van der Waals surface area (Å²) < 4.78 is 11.3. The van der Waals surface area contributed by atoms with E-state index in [2.05, 4.69) is 17.4 Å². The Kier molecular flexibility index (Phi) is 2.93. The maximum absolute atomic E-state index is 5.67. The van der Waals surface area contributed by atoms with Crippen LogP contribution in [0.5, 0.6) is 11.5 Å². The number of rotatable bonds is 2. The van der Waals surface area contributed by atoms with E-state index in [4.69, 9.17) is 9.47 Å². The summed E-state index contributed by atoms with van der Waals surface area (Å²) in [5.74, 6) is 1.78. The van der Waals surface area contributed by atoms with Crippen LogP contribution in [0.3, 0.4) is 0 Å². The number of fused-ring (bicyclic) bond motifs is 1. The first-order valence-electron chi connectivity index (χ1n) is 5.69. The van der Waals surface area contributed by atoms with E-state index in [1.54, 1.807) is 0 Å². The minimum Gasteiger partial charge on any atom is -0.490 e. The van der Waals surface area contributed by atoms with Crippen LogP contribution in [-0.2, 0) is 0 Å². The SMILES string of the molecule is c1cc2c(cc1SC1CNC1)OCCCO2. The van der Waals surface area contributed by atoms with Gasteiger partial charge in [-0.25, -0.2) is 0 Å². The second-order valence-corrected chi connectivity index (χ2v) is 5.43. The Labute approximate surface area is 99.5 Å². The van der Waals surface area contributed by atoms with Crippen molar-refractivity contribution in [1.29, 1.82) is 0 Å². The molecule has 2 aliphatic rings. The highest BCUT2D eigenvalue weighted by atomic mass is 32.2. The molecule has 2 heterocycles. The van der Waals surface area contributed by atoms with E-state index in [1.165, 1.54) is 4.90 Å². The number of hydrogen-bond donors (Lipinski definition) is 1. The lowest BCUT2D eigenvalue weighted by Gasteiger charge is -2.26. The van der Waals surface area contributed by atoms with Crippen LogP contribution in [0.15, 0.2) is 23.1 Å². The van der Waals surface area contributed by atoms with Gasteiger partial charge in [0.25, 0.3) is 0 Å². The molecule has 1 aromatic rings. The molecule has 16 heavy (non-hydrogen) atoms. The van der Waals surface area contributed by atoms with E-state index in [-0.39, 0.29) is 0 Å². The fourth-order valence-electron chi connectivity index (χ4n) is 1.75. The molecule has 0 spiro atoms. The Balaban J connectivity index is 1.77. The highest BCUT2D eigenvalue weighted by Crippen LogP contribution is 2.35. The van der Waals surface area contributed by atoms with Crippen LogP contribution in [0, 0.1) is 0 Å². The molecule has 0 atom stereocenters.